The Labute approximate surface area is 180 Å². The summed E-state index contributed by atoms with van der Waals surface area (Å²) in [5, 5.41) is 0. The molecule has 1 aliphatic carbocycles. The van der Waals surface area contributed by atoms with Crippen molar-refractivity contribution in [2.24, 2.45) is 0 Å². The largest absolute Gasteiger partial charge is 0.489 e. The Balaban J connectivity index is 3.56. The van der Waals surface area contributed by atoms with Gasteiger partial charge in [-0.15, -0.1) is 6.58 Å². The van der Waals surface area contributed by atoms with Gasteiger partial charge in [-0.1, -0.05) is 32.4 Å². The second kappa shape index (κ2) is 12.5. The Morgan fingerprint density at radius 1 is 0.633 bits per heavy atom. The first-order chi connectivity index (χ1) is 14.1. The average molecular weight is 425 g/mol. The molecule has 6 unspecified atom stereocenters. The van der Waals surface area contributed by atoms with Crippen LogP contribution in [-0.4, -0.2) is 57.1 Å². The Morgan fingerprint density at radius 2 is 0.967 bits per heavy atom. The van der Waals surface area contributed by atoms with Gasteiger partial charge < -0.3 is 33.2 Å². The van der Waals surface area contributed by atoms with Gasteiger partial charge in [-0.05, 0) is 27.7 Å². The number of rotatable bonds is 14. The zero-order valence-electron chi connectivity index (χ0n) is 18.8. The quantitative estimate of drug-likeness (QED) is 0.235. The van der Waals surface area contributed by atoms with Gasteiger partial charge in [0.05, 0.1) is 29.6 Å². The van der Waals surface area contributed by atoms with E-state index in [2.05, 4.69) is 32.9 Å². The normalized spacial score (nSPS) is 28.2. The molecule has 0 aromatic rings. The first-order valence-corrected chi connectivity index (χ1v) is 9.74. The topological polar surface area (TPSA) is 64.6 Å². The summed E-state index contributed by atoms with van der Waals surface area (Å²) in [7, 11) is 1.54. The van der Waals surface area contributed by atoms with Crippen LogP contribution in [0.2, 0.25) is 0 Å². The third-order valence-electron chi connectivity index (χ3n) is 4.08. The van der Waals surface area contributed by atoms with Crippen LogP contribution in [0.5, 0.6) is 0 Å². The molecule has 0 bridgehead atoms. The van der Waals surface area contributed by atoms with Crippen LogP contribution in [0.15, 0.2) is 62.0 Å². The highest BCUT2D eigenvalue weighted by atomic mass is 16.7. The summed E-state index contributed by atoms with van der Waals surface area (Å²) in [5.41, 5.74) is 0. The lowest BCUT2D eigenvalue weighted by Gasteiger charge is -2.49. The molecule has 1 fully saturated rings. The summed E-state index contributed by atoms with van der Waals surface area (Å²) in [4.78, 5) is 0. The van der Waals surface area contributed by atoms with Gasteiger partial charge in [0.2, 0.25) is 0 Å². The number of hydrogen-bond acceptors (Lipinski definition) is 7. The summed E-state index contributed by atoms with van der Waals surface area (Å²) in [6.07, 6.45) is -2.23. The van der Waals surface area contributed by atoms with E-state index in [4.69, 9.17) is 33.2 Å². The van der Waals surface area contributed by atoms with Crippen LogP contribution < -0.4 is 0 Å². The maximum Gasteiger partial charge on any atom is 0.178 e. The van der Waals surface area contributed by atoms with Crippen LogP contribution in [0, 0.1) is 0 Å². The minimum absolute atomic E-state index is 0.0141. The van der Waals surface area contributed by atoms with E-state index in [1.165, 1.54) is 7.11 Å². The first kappa shape index (κ1) is 25.8. The lowest BCUT2D eigenvalue weighted by molar-refractivity contribution is -0.268. The summed E-state index contributed by atoms with van der Waals surface area (Å²) in [5.74, 6) is 1.94. The third-order valence-corrected chi connectivity index (χ3v) is 4.08. The maximum absolute atomic E-state index is 6.07. The second-order valence-electron chi connectivity index (χ2n) is 7.26. The lowest BCUT2D eigenvalue weighted by Crippen LogP contribution is -2.67. The molecule has 0 radical (unpaired) electrons. The fraction of sp³-hybridized carbons (Fsp3) is 0.565. The molecule has 0 aromatic carbocycles. The Hall–Kier alpha value is -2.22. The van der Waals surface area contributed by atoms with Gasteiger partial charge >= 0.3 is 0 Å². The monoisotopic (exact) mass is 424 g/mol. The third kappa shape index (κ3) is 7.55. The maximum atomic E-state index is 6.07. The molecule has 30 heavy (non-hydrogen) atoms. The van der Waals surface area contributed by atoms with E-state index in [0.717, 1.165) is 0 Å². The van der Waals surface area contributed by atoms with E-state index < -0.39 is 36.6 Å². The van der Waals surface area contributed by atoms with Crippen molar-refractivity contribution in [3.8, 4) is 0 Å². The molecule has 7 heteroatoms. The molecule has 1 saturated carbocycles. The minimum atomic E-state index is -0.661. The highest BCUT2D eigenvalue weighted by Gasteiger charge is 2.57. The standard InChI is InChI=1S/C23H36O7/c1-11-12-25-18-19(26-13-24-10)21(28-15(4)5)23(30-17(8)9)22(29-16(6)7)20(18)27-14(2)3/h11,18-23H,1-2,4,6,8,12-13H2,3,5,7,9-10H3. The van der Waals surface area contributed by atoms with E-state index in [9.17, 15) is 0 Å². The van der Waals surface area contributed by atoms with Crippen LogP contribution in [0.4, 0.5) is 0 Å². The molecule has 0 aliphatic heterocycles. The van der Waals surface area contributed by atoms with Crippen LogP contribution in [0.25, 0.3) is 0 Å². The van der Waals surface area contributed by atoms with Crippen molar-refractivity contribution in [2.75, 3.05) is 20.5 Å². The van der Waals surface area contributed by atoms with Gasteiger partial charge in [0.15, 0.2) is 24.4 Å². The molecular weight excluding hydrogens is 388 g/mol. The van der Waals surface area contributed by atoms with E-state index in [-0.39, 0.29) is 13.4 Å². The van der Waals surface area contributed by atoms with Crippen LogP contribution in [0.3, 0.4) is 0 Å². The molecule has 0 amide bonds. The average Bonchev–Trinajstić information content (AvgIpc) is 2.62. The van der Waals surface area contributed by atoms with E-state index in [0.29, 0.717) is 23.0 Å². The van der Waals surface area contributed by atoms with Crippen molar-refractivity contribution >= 4 is 0 Å². The zero-order chi connectivity index (χ0) is 22.8. The van der Waals surface area contributed by atoms with Gasteiger partial charge in [0.25, 0.3) is 0 Å². The Kier molecular flexibility index (Phi) is 10.7. The van der Waals surface area contributed by atoms with Crippen molar-refractivity contribution < 1.29 is 33.2 Å². The summed E-state index contributed by atoms with van der Waals surface area (Å²) in [6, 6.07) is 0. The fourth-order valence-corrected chi connectivity index (χ4v) is 3.29. The molecule has 7 nitrogen and oxygen atoms in total. The smallest absolute Gasteiger partial charge is 0.178 e. The Bertz CT molecular complexity index is 627. The summed E-state index contributed by atoms with van der Waals surface area (Å²) >= 11 is 0. The molecule has 0 N–H and O–H groups in total. The molecule has 0 spiro atoms. The molecule has 170 valence electrons. The number of methoxy groups -OCH3 is 1. The molecule has 1 rings (SSSR count). The van der Waals surface area contributed by atoms with Crippen molar-refractivity contribution in [1.82, 2.24) is 0 Å². The summed E-state index contributed by atoms with van der Waals surface area (Å²) in [6.45, 7) is 26.5. The molecule has 1 aliphatic rings. The highest BCUT2D eigenvalue weighted by molar-refractivity contribution is 5.08. The van der Waals surface area contributed by atoms with Gasteiger partial charge in [-0.2, -0.15) is 0 Å². The first-order valence-electron chi connectivity index (χ1n) is 9.74. The zero-order valence-corrected chi connectivity index (χ0v) is 18.8. The van der Waals surface area contributed by atoms with Crippen molar-refractivity contribution in [3.05, 3.63) is 62.0 Å². The molecule has 0 aromatic heterocycles. The molecular formula is C23H36O7. The number of ether oxygens (including phenoxy) is 7. The van der Waals surface area contributed by atoms with Crippen LogP contribution >= 0.6 is 0 Å². The van der Waals surface area contributed by atoms with Crippen LogP contribution in [0.1, 0.15) is 27.7 Å². The lowest BCUT2D eigenvalue weighted by atomic mass is 9.83. The highest BCUT2D eigenvalue weighted by Crippen LogP contribution is 2.36. The number of hydrogen-bond donors (Lipinski definition) is 0. The predicted molar refractivity (Wildman–Crippen MR) is 115 cm³/mol. The van der Waals surface area contributed by atoms with E-state index >= 15 is 0 Å². The summed E-state index contributed by atoms with van der Waals surface area (Å²) < 4.78 is 41.4. The number of allylic oxidation sites excluding steroid dienone is 4. The van der Waals surface area contributed by atoms with Crippen molar-refractivity contribution in [2.45, 2.75) is 64.3 Å². The predicted octanol–water partition coefficient (Wildman–Crippen LogP) is 4.24. The second-order valence-corrected chi connectivity index (χ2v) is 7.26. The minimum Gasteiger partial charge on any atom is -0.489 e. The van der Waals surface area contributed by atoms with Crippen LogP contribution in [-0.2, 0) is 33.2 Å². The van der Waals surface area contributed by atoms with Gasteiger partial charge in [0, 0.05) is 7.11 Å². The SMILES string of the molecule is C=CCOC1C(OCOC)C(OC(=C)C)C(OC(=C)C)C(OC(=C)C)C1OC(=C)C. The molecule has 0 heterocycles. The molecule has 6 atom stereocenters. The van der Waals surface area contributed by atoms with E-state index in [1.54, 1.807) is 33.8 Å². The fourth-order valence-electron chi connectivity index (χ4n) is 3.29. The molecule has 0 saturated heterocycles. The van der Waals surface area contributed by atoms with Gasteiger partial charge in [-0.3, -0.25) is 0 Å². The van der Waals surface area contributed by atoms with Crippen molar-refractivity contribution in [3.63, 3.8) is 0 Å². The Morgan fingerprint density at radius 3 is 1.27 bits per heavy atom. The van der Waals surface area contributed by atoms with Crippen molar-refractivity contribution in [1.29, 1.82) is 0 Å². The van der Waals surface area contributed by atoms with Gasteiger partial charge in [-0.25, -0.2) is 0 Å². The van der Waals surface area contributed by atoms with E-state index in [1.807, 2.05) is 0 Å². The van der Waals surface area contributed by atoms with Gasteiger partial charge in [0.1, 0.15) is 19.0 Å².